The second-order valence-corrected chi connectivity index (χ2v) is 9.26. The Morgan fingerprint density at radius 2 is 1.80 bits per heavy atom. The van der Waals surface area contributed by atoms with E-state index in [4.69, 9.17) is 4.98 Å². The van der Waals surface area contributed by atoms with Crippen LogP contribution in [-0.2, 0) is 12.8 Å². The number of nitrogens with one attached hydrogen (secondary N) is 1. The Morgan fingerprint density at radius 1 is 1.00 bits per heavy atom. The number of nitrogens with zero attached hydrogens (tertiary/aromatic N) is 1. The maximum atomic E-state index is 13.5. The molecule has 1 aliphatic rings. The smallest absolute Gasteiger partial charge is 0.258 e. The summed E-state index contributed by atoms with van der Waals surface area (Å²) in [6.07, 6.45) is 3.37. The highest BCUT2D eigenvalue weighted by atomic mass is 32.1. The molecule has 0 bridgehead atoms. The normalized spacial score (nSPS) is 12.9. The average Bonchev–Trinajstić information content (AvgIpc) is 3.28. The fourth-order valence-corrected chi connectivity index (χ4v) is 5.76. The lowest BCUT2D eigenvalue weighted by molar-refractivity contribution is 0.102. The van der Waals surface area contributed by atoms with Crippen molar-refractivity contribution < 1.29 is 4.79 Å². The predicted molar refractivity (Wildman–Crippen MR) is 126 cm³/mol. The Morgan fingerprint density at radius 3 is 2.57 bits per heavy atom. The molecule has 2 aromatic carbocycles. The first kappa shape index (κ1) is 19.0. The van der Waals surface area contributed by atoms with Crippen molar-refractivity contribution in [2.45, 2.75) is 40.0 Å². The lowest BCUT2D eigenvalue weighted by atomic mass is 9.93. The number of anilines is 1. The molecule has 0 saturated carbocycles. The molecule has 2 aromatic heterocycles. The molecule has 150 valence electrons. The van der Waals surface area contributed by atoms with Gasteiger partial charge in [-0.3, -0.25) is 4.79 Å². The molecule has 30 heavy (non-hydrogen) atoms. The highest BCUT2D eigenvalue weighted by molar-refractivity contribution is 7.19. The zero-order valence-corrected chi connectivity index (χ0v) is 18.3. The van der Waals surface area contributed by atoms with Gasteiger partial charge in [-0.15, -0.1) is 11.3 Å². The Kier molecular flexibility index (Phi) is 4.67. The van der Waals surface area contributed by atoms with Crippen LogP contribution in [0.1, 0.15) is 44.0 Å². The highest BCUT2D eigenvalue weighted by Gasteiger charge is 2.27. The van der Waals surface area contributed by atoms with Gasteiger partial charge in [0.25, 0.3) is 5.91 Å². The van der Waals surface area contributed by atoms with E-state index in [0.717, 1.165) is 45.7 Å². The van der Waals surface area contributed by atoms with Gasteiger partial charge in [-0.1, -0.05) is 42.0 Å². The van der Waals surface area contributed by atoms with Crippen LogP contribution in [0.25, 0.3) is 21.3 Å². The van der Waals surface area contributed by atoms with Crippen LogP contribution in [0.15, 0.2) is 48.5 Å². The molecule has 0 atom stereocenters. The van der Waals surface area contributed by atoms with E-state index < -0.39 is 0 Å². The molecule has 0 aliphatic heterocycles. The first-order chi connectivity index (χ1) is 14.5. The zero-order valence-electron chi connectivity index (χ0n) is 17.5. The van der Waals surface area contributed by atoms with Crippen molar-refractivity contribution in [1.29, 1.82) is 0 Å². The molecule has 0 saturated heterocycles. The Bertz CT molecular complexity index is 1280. The lowest BCUT2D eigenvalue weighted by Crippen LogP contribution is -2.16. The first-order valence-electron chi connectivity index (χ1n) is 10.4. The first-order valence-corrected chi connectivity index (χ1v) is 11.2. The Hall–Kier alpha value is -2.98. The van der Waals surface area contributed by atoms with Gasteiger partial charge in [-0.05, 0) is 68.9 Å². The molecule has 0 fully saturated rings. The number of carbonyl (C=O) groups is 1. The van der Waals surface area contributed by atoms with Gasteiger partial charge >= 0.3 is 0 Å². The number of carbonyl (C=O) groups excluding carboxylic acids is 1. The third-order valence-electron chi connectivity index (χ3n) is 5.88. The summed E-state index contributed by atoms with van der Waals surface area (Å²) in [7, 11) is 0. The molecule has 0 spiro atoms. The largest absolute Gasteiger partial charge is 0.322 e. The fraction of sp³-hybridized carbons (Fsp3) is 0.231. The molecule has 1 aliphatic carbocycles. The van der Waals surface area contributed by atoms with Crippen molar-refractivity contribution in [1.82, 2.24) is 4.98 Å². The van der Waals surface area contributed by atoms with E-state index in [1.54, 1.807) is 11.3 Å². The fourth-order valence-electron chi connectivity index (χ4n) is 4.44. The molecule has 1 N–H and O–H groups in total. The van der Waals surface area contributed by atoms with Crippen LogP contribution in [0.2, 0.25) is 0 Å². The van der Waals surface area contributed by atoms with Gasteiger partial charge in [0, 0.05) is 21.5 Å². The molecule has 4 heteroatoms. The number of aryl methyl sites for hydroxylation is 5. The maximum absolute atomic E-state index is 13.5. The minimum Gasteiger partial charge on any atom is -0.322 e. The van der Waals surface area contributed by atoms with Crippen LogP contribution in [0, 0.1) is 20.8 Å². The van der Waals surface area contributed by atoms with Crippen molar-refractivity contribution in [3.8, 4) is 11.1 Å². The van der Waals surface area contributed by atoms with Gasteiger partial charge in [-0.25, -0.2) is 4.98 Å². The van der Waals surface area contributed by atoms with Gasteiger partial charge in [0.2, 0.25) is 0 Å². The molecule has 3 nitrogen and oxygen atoms in total. The van der Waals surface area contributed by atoms with E-state index in [1.165, 1.54) is 27.8 Å². The number of hydrogen-bond acceptors (Lipinski definition) is 3. The van der Waals surface area contributed by atoms with Crippen LogP contribution < -0.4 is 5.32 Å². The summed E-state index contributed by atoms with van der Waals surface area (Å²) in [6, 6.07) is 16.4. The van der Waals surface area contributed by atoms with Gasteiger partial charge in [0.15, 0.2) is 0 Å². The number of fused-ring (bicyclic) bond motifs is 3. The Balaban J connectivity index is 1.74. The molecule has 1 amide bonds. The van der Waals surface area contributed by atoms with Gasteiger partial charge < -0.3 is 5.32 Å². The second-order valence-electron chi connectivity index (χ2n) is 8.17. The lowest BCUT2D eigenvalue weighted by Gasteiger charge is -2.16. The topological polar surface area (TPSA) is 42.0 Å². The number of pyridine rings is 1. The van der Waals surface area contributed by atoms with Crippen molar-refractivity contribution in [3.63, 3.8) is 0 Å². The van der Waals surface area contributed by atoms with Crippen molar-refractivity contribution >= 4 is 33.1 Å². The maximum Gasteiger partial charge on any atom is 0.258 e. The molecule has 4 aromatic rings. The summed E-state index contributed by atoms with van der Waals surface area (Å²) in [5, 5.41) is 4.29. The van der Waals surface area contributed by atoms with Crippen LogP contribution >= 0.6 is 11.3 Å². The average molecular weight is 413 g/mol. The van der Waals surface area contributed by atoms with E-state index in [1.807, 2.05) is 38.1 Å². The molecular weight excluding hydrogens is 388 g/mol. The van der Waals surface area contributed by atoms with Gasteiger partial charge in [0.1, 0.15) is 4.83 Å². The van der Waals surface area contributed by atoms with E-state index in [-0.39, 0.29) is 5.91 Å². The van der Waals surface area contributed by atoms with E-state index in [9.17, 15) is 4.79 Å². The van der Waals surface area contributed by atoms with Crippen LogP contribution in [0.5, 0.6) is 0 Å². The highest BCUT2D eigenvalue weighted by Crippen LogP contribution is 2.43. The summed E-state index contributed by atoms with van der Waals surface area (Å²) in [5.41, 5.74) is 8.10. The van der Waals surface area contributed by atoms with Crippen LogP contribution in [0.3, 0.4) is 0 Å². The molecule has 0 unspecified atom stereocenters. The number of thiophene rings is 1. The second kappa shape index (κ2) is 7.37. The molecular formula is C26H24N2OS. The summed E-state index contributed by atoms with van der Waals surface area (Å²) < 4.78 is 0. The number of amides is 1. The number of hydrogen-bond donors (Lipinski definition) is 1. The van der Waals surface area contributed by atoms with Crippen molar-refractivity contribution in [2.75, 3.05) is 5.32 Å². The SMILES string of the molecule is Cc1ccc(-c2c(C(=O)Nc3cccc(C)c3)c(C)nc3sc4c(c23)CCC4)cc1. The van der Waals surface area contributed by atoms with Crippen LogP contribution in [0.4, 0.5) is 5.69 Å². The summed E-state index contributed by atoms with van der Waals surface area (Å²) in [4.78, 5) is 20.9. The standard InChI is InChI=1S/C26H24N2OS/c1-15-10-12-18(13-11-15)23-22(25(29)28-19-7-4-6-16(2)14-19)17(3)27-26-24(23)20-8-5-9-21(20)30-26/h4,6-7,10-14H,5,8-9H2,1-3H3,(H,28,29). The minimum atomic E-state index is -0.0963. The quantitative estimate of drug-likeness (QED) is 0.410. The zero-order chi connectivity index (χ0) is 20.8. The summed E-state index contributed by atoms with van der Waals surface area (Å²) in [6.45, 7) is 6.07. The molecule has 0 radical (unpaired) electrons. The van der Waals surface area contributed by atoms with E-state index in [0.29, 0.717) is 5.56 Å². The summed E-state index contributed by atoms with van der Waals surface area (Å²) in [5.74, 6) is -0.0963. The number of benzene rings is 2. The van der Waals surface area contributed by atoms with Crippen LogP contribution in [-0.4, -0.2) is 10.9 Å². The number of rotatable bonds is 3. The molecule has 2 heterocycles. The minimum absolute atomic E-state index is 0.0963. The number of aromatic nitrogens is 1. The molecule has 5 rings (SSSR count). The van der Waals surface area contributed by atoms with Crippen molar-refractivity contribution in [3.05, 3.63) is 81.4 Å². The Labute approximate surface area is 180 Å². The van der Waals surface area contributed by atoms with Gasteiger partial charge in [-0.2, -0.15) is 0 Å². The summed E-state index contributed by atoms with van der Waals surface area (Å²) >= 11 is 1.80. The van der Waals surface area contributed by atoms with E-state index >= 15 is 0 Å². The van der Waals surface area contributed by atoms with Gasteiger partial charge in [0.05, 0.1) is 11.3 Å². The third kappa shape index (κ3) is 3.21. The predicted octanol–water partition coefficient (Wildman–Crippen LogP) is 6.63. The monoisotopic (exact) mass is 412 g/mol. The van der Waals surface area contributed by atoms with E-state index in [2.05, 4.69) is 36.5 Å². The third-order valence-corrected chi connectivity index (χ3v) is 7.06. The van der Waals surface area contributed by atoms with Crippen molar-refractivity contribution in [2.24, 2.45) is 0 Å².